The molecule has 0 fully saturated rings. The quantitative estimate of drug-likeness (QED) is 0.0272. The number of quaternary nitrogens is 1. The number of hydrogen-bond acceptors (Lipinski definition) is 6. The van der Waals surface area contributed by atoms with Gasteiger partial charge in [-0.05, 0) is 44.9 Å². The van der Waals surface area contributed by atoms with E-state index in [1.807, 2.05) is 27.2 Å². The number of carbonyl (C=O) groups is 1. The number of allylic oxidation sites excluding steroid dienone is 5. The zero-order chi connectivity index (χ0) is 58.4. The molecule has 0 bridgehead atoms. The Morgan fingerprint density at radius 3 is 1.01 bits per heavy atom. The number of phosphoric acid groups is 1. The number of likely N-dealkylation sites (N-methyl/N-ethyl adjacent to an activating group) is 1. The Morgan fingerprint density at radius 2 is 0.700 bits per heavy atom. The summed E-state index contributed by atoms with van der Waals surface area (Å²) in [6.45, 7) is 4.68. The molecular weight excluding hydrogens is 1010 g/mol. The van der Waals surface area contributed by atoms with Gasteiger partial charge in [-0.2, -0.15) is 0 Å². The van der Waals surface area contributed by atoms with Crippen molar-refractivity contribution in [3.8, 4) is 0 Å². The van der Waals surface area contributed by atoms with Crippen LogP contribution >= 0.6 is 7.82 Å². The summed E-state index contributed by atoms with van der Waals surface area (Å²) in [6.07, 6.45) is 82.8. The first-order valence-electron chi connectivity index (χ1n) is 35.4. The second-order valence-electron chi connectivity index (χ2n) is 25.6. The zero-order valence-electron chi connectivity index (χ0n) is 54.3. The molecule has 2 N–H and O–H groups in total. The van der Waals surface area contributed by atoms with E-state index in [2.05, 4.69) is 43.5 Å². The molecule has 0 aromatic carbocycles. The van der Waals surface area contributed by atoms with E-state index in [1.54, 1.807) is 6.08 Å². The molecule has 0 aliphatic rings. The minimum absolute atomic E-state index is 0.00707. The van der Waals surface area contributed by atoms with Crippen LogP contribution in [0.4, 0.5) is 0 Å². The van der Waals surface area contributed by atoms with Crippen LogP contribution in [0, 0.1) is 0 Å². The molecule has 0 heterocycles. The zero-order valence-corrected chi connectivity index (χ0v) is 55.2. The molecule has 0 saturated carbocycles. The number of hydrogen-bond donors (Lipinski definition) is 2. The number of rotatable bonds is 66. The fourth-order valence-electron chi connectivity index (χ4n) is 10.8. The molecule has 474 valence electrons. The van der Waals surface area contributed by atoms with Crippen molar-refractivity contribution in [2.24, 2.45) is 0 Å². The number of aliphatic hydroxyl groups excluding tert-OH is 1. The van der Waals surface area contributed by atoms with E-state index in [0.717, 1.165) is 44.9 Å². The van der Waals surface area contributed by atoms with Crippen LogP contribution in [0.1, 0.15) is 361 Å². The average Bonchev–Trinajstić information content (AvgIpc) is 3.42. The topological polar surface area (TPSA) is 108 Å². The van der Waals surface area contributed by atoms with Gasteiger partial charge in [0.1, 0.15) is 13.2 Å². The smallest absolute Gasteiger partial charge is 0.268 e. The van der Waals surface area contributed by atoms with Crippen molar-refractivity contribution in [2.75, 3.05) is 40.9 Å². The lowest BCUT2D eigenvalue weighted by molar-refractivity contribution is -0.870. The maximum Gasteiger partial charge on any atom is 0.268 e. The third kappa shape index (κ3) is 64.3. The van der Waals surface area contributed by atoms with Gasteiger partial charge in [0.05, 0.1) is 39.9 Å². The summed E-state index contributed by atoms with van der Waals surface area (Å²) in [4.78, 5) is 25.6. The molecule has 3 unspecified atom stereocenters. The van der Waals surface area contributed by atoms with Crippen LogP contribution < -0.4 is 10.2 Å². The van der Waals surface area contributed by atoms with Gasteiger partial charge < -0.3 is 28.8 Å². The van der Waals surface area contributed by atoms with Crippen LogP contribution in [-0.4, -0.2) is 68.5 Å². The van der Waals surface area contributed by atoms with Gasteiger partial charge in [-0.1, -0.05) is 346 Å². The van der Waals surface area contributed by atoms with E-state index < -0.39 is 26.6 Å². The highest BCUT2D eigenvalue weighted by Gasteiger charge is 2.23. The van der Waals surface area contributed by atoms with Crippen molar-refractivity contribution in [3.63, 3.8) is 0 Å². The lowest BCUT2D eigenvalue weighted by atomic mass is 10.0. The first kappa shape index (κ1) is 78.7. The van der Waals surface area contributed by atoms with Crippen LogP contribution in [0.3, 0.4) is 0 Å². The van der Waals surface area contributed by atoms with Gasteiger partial charge in [0.25, 0.3) is 7.82 Å². The number of nitrogens with zero attached hydrogens (tertiary/aromatic N) is 1. The molecule has 0 spiro atoms. The summed E-state index contributed by atoms with van der Waals surface area (Å²) in [6, 6.07) is -0.909. The van der Waals surface area contributed by atoms with Crippen molar-refractivity contribution in [1.29, 1.82) is 0 Å². The number of unbranched alkanes of at least 4 members (excludes halogenated alkanes) is 49. The lowest BCUT2D eigenvalue weighted by Crippen LogP contribution is -2.45. The summed E-state index contributed by atoms with van der Waals surface area (Å²) >= 11 is 0. The predicted octanol–water partition coefficient (Wildman–Crippen LogP) is 21.8. The van der Waals surface area contributed by atoms with Gasteiger partial charge >= 0.3 is 0 Å². The van der Waals surface area contributed by atoms with Crippen LogP contribution in [0.25, 0.3) is 0 Å². The normalized spacial score (nSPS) is 13.8. The standard InChI is InChI=1S/C71H139N2O6P/c1-6-8-10-12-14-16-18-20-22-24-26-28-30-32-34-35-36-37-39-41-43-45-47-49-51-53-55-57-59-61-63-65-71(75)72-69(68-79-80(76,77)78-67-66-73(3,4)5)70(74)64-62-60-58-56-54-52-50-48-46-44-42-40-38-33-31-29-27-25-23-21-19-17-15-13-11-9-7-2/h46,48,54,56,62,64,69-70,74H,6-45,47,49-53,55,57-61,63,65-68H2,1-5H3,(H-,72,75,76,77)/b48-46+,56-54+,64-62+. The van der Waals surface area contributed by atoms with Crippen molar-refractivity contribution >= 4 is 13.7 Å². The Hall–Kier alpha value is -1.28. The molecule has 0 aliphatic carbocycles. The van der Waals surface area contributed by atoms with Crippen molar-refractivity contribution in [2.45, 2.75) is 373 Å². The number of amides is 1. The van der Waals surface area contributed by atoms with Gasteiger partial charge in [-0.3, -0.25) is 9.36 Å². The maximum absolute atomic E-state index is 13.0. The van der Waals surface area contributed by atoms with E-state index in [9.17, 15) is 19.4 Å². The van der Waals surface area contributed by atoms with Gasteiger partial charge in [0.2, 0.25) is 5.91 Å². The monoisotopic (exact) mass is 1150 g/mol. The molecule has 8 nitrogen and oxygen atoms in total. The Kier molecular flexibility index (Phi) is 61.3. The average molecular weight is 1150 g/mol. The fraction of sp³-hybridized carbons (Fsp3) is 0.901. The highest BCUT2D eigenvalue weighted by Crippen LogP contribution is 2.38. The number of carbonyl (C=O) groups excluding carboxylic acids is 1. The van der Waals surface area contributed by atoms with Crippen LogP contribution in [0.2, 0.25) is 0 Å². The molecule has 0 aromatic rings. The Balaban J connectivity index is 4.08. The van der Waals surface area contributed by atoms with E-state index in [0.29, 0.717) is 17.4 Å². The molecule has 3 atom stereocenters. The summed E-state index contributed by atoms with van der Waals surface area (Å²) in [5.74, 6) is -0.203. The fourth-order valence-corrected chi connectivity index (χ4v) is 11.6. The number of nitrogens with one attached hydrogen (secondary N) is 1. The molecule has 0 rings (SSSR count). The molecule has 1 amide bonds. The van der Waals surface area contributed by atoms with E-state index >= 15 is 0 Å². The largest absolute Gasteiger partial charge is 0.756 e. The molecule has 0 radical (unpaired) electrons. The molecule has 0 aliphatic heterocycles. The van der Waals surface area contributed by atoms with Crippen LogP contribution in [0.15, 0.2) is 36.5 Å². The van der Waals surface area contributed by atoms with Crippen LogP contribution in [0.5, 0.6) is 0 Å². The maximum atomic E-state index is 13.0. The molecular formula is C71H139N2O6P. The Bertz CT molecular complexity index is 1400. The third-order valence-electron chi connectivity index (χ3n) is 16.3. The number of aliphatic hydroxyl groups is 1. The summed E-state index contributed by atoms with van der Waals surface area (Å²) < 4.78 is 23.4. The van der Waals surface area contributed by atoms with E-state index in [1.165, 1.54) is 295 Å². The van der Waals surface area contributed by atoms with Gasteiger partial charge in [-0.15, -0.1) is 0 Å². The molecule has 0 saturated heterocycles. The first-order valence-corrected chi connectivity index (χ1v) is 36.8. The van der Waals surface area contributed by atoms with E-state index in [4.69, 9.17) is 9.05 Å². The second kappa shape index (κ2) is 62.3. The van der Waals surface area contributed by atoms with Crippen LogP contribution in [-0.2, 0) is 18.4 Å². The Morgan fingerprint density at radius 1 is 0.425 bits per heavy atom. The third-order valence-corrected chi connectivity index (χ3v) is 17.3. The van der Waals surface area contributed by atoms with Gasteiger partial charge in [0, 0.05) is 6.42 Å². The second-order valence-corrected chi connectivity index (χ2v) is 27.0. The summed E-state index contributed by atoms with van der Waals surface area (Å²) in [7, 11) is 1.25. The Labute approximate surface area is 499 Å². The minimum Gasteiger partial charge on any atom is -0.756 e. The van der Waals surface area contributed by atoms with Gasteiger partial charge in [-0.25, -0.2) is 0 Å². The minimum atomic E-state index is -4.61. The highest BCUT2D eigenvalue weighted by atomic mass is 31.2. The molecule has 80 heavy (non-hydrogen) atoms. The molecule has 0 aromatic heterocycles. The number of phosphoric ester groups is 1. The van der Waals surface area contributed by atoms with Gasteiger partial charge in [0.15, 0.2) is 0 Å². The predicted molar refractivity (Wildman–Crippen MR) is 348 cm³/mol. The highest BCUT2D eigenvalue weighted by molar-refractivity contribution is 7.45. The first-order chi connectivity index (χ1) is 39.0. The van der Waals surface area contributed by atoms with Crippen molar-refractivity contribution in [3.05, 3.63) is 36.5 Å². The van der Waals surface area contributed by atoms with Crippen molar-refractivity contribution in [1.82, 2.24) is 5.32 Å². The summed E-state index contributed by atoms with van der Waals surface area (Å²) in [5, 5.41) is 13.9. The van der Waals surface area contributed by atoms with Crippen molar-refractivity contribution < 1.29 is 32.9 Å². The van der Waals surface area contributed by atoms with E-state index in [-0.39, 0.29) is 12.5 Å². The molecule has 9 heteroatoms. The summed E-state index contributed by atoms with van der Waals surface area (Å²) in [5.41, 5.74) is 0. The SMILES string of the molecule is CCCCCCCCCCCCCCCCCCC/C=C/CC/C=C/CC/C=C/C(O)C(COP(=O)([O-])OCC[N+](C)(C)C)NC(=O)CCCCCCCCCCCCCCCCCCCCCCCCCCCCCCCCC. The lowest BCUT2D eigenvalue weighted by Gasteiger charge is -2.29.